The van der Waals surface area contributed by atoms with Gasteiger partial charge in [0.1, 0.15) is 12.4 Å². The largest absolute Gasteiger partial charge is 0.348 e. The van der Waals surface area contributed by atoms with E-state index >= 15 is 0 Å². The minimum atomic E-state index is -4.18. The first kappa shape index (κ1) is 25.4. The van der Waals surface area contributed by atoms with Crippen LogP contribution in [0.4, 0.5) is 10.1 Å². The minimum absolute atomic E-state index is 0.00954. The van der Waals surface area contributed by atoms with E-state index in [1.54, 1.807) is 12.1 Å². The Morgan fingerprint density at radius 1 is 0.971 bits per heavy atom. The van der Waals surface area contributed by atoms with Crippen LogP contribution in [-0.4, -0.2) is 20.9 Å². The Labute approximate surface area is 201 Å². The fourth-order valence-electron chi connectivity index (χ4n) is 3.56. The number of para-hydroxylation sites is 1. The fourth-order valence-corrected chi connectivity index (χ4v) is 4.99. The first-order valence-electron chi connectivity index (χ1n) is 11.1. The van der Waals surface area contributed by atoms with Crippen LogP contribution in [0, 0.1) is 12.7 Å². The zero-order valence-corrected chi connectivity index (χ0v) is 21.0. The van der Waals surface area contributed by atoms with Gasteiger partial charge >= 0.3 is 0 Å². The van der Waals surface area contributed by atoms with E-state index in [0.717, 1.165) is 15.4 Å². The van der Waals surface area contributed by atoms with E-state index in [2.05, 4.69) is 26.1 Å². The maximum Gasteiger partial charge on any atom is 0.264 e. The molecular formula is C27H31FN2O3S. The van der Waals surface area contributed by atoms with Gasteiger partial charge in [-0.25, -0.2) is 12.8 Å². The lowest BCUT2D eigenvalue weighted by atomic mass is 9.86. The first-order valence-corrected chi connectivity index (χ1v) is 12.6. The lowest BCUT2D eigenvalue weighted by molar-refractivity contribution is -0.120. The van der Waals surface area contributed by atoms with Gasteiger partial charge in [0.05, 0.1) is 16.6 Å². The molecule has 0 aliphatic heterocycles. The van der Waals surface area contributed by atoms with Crippen LogP contribution >= 0.6 is 0 Å². The molecule has 0 saturated heterocycles. The molecule has 0 radical (unpaired) electrons. The Hall–Kier alpha value is -3.19. The van der Waals surface area contributed by atoms with Crippen LogP contribution < -0.4 is 9.62 Å². The van der Waals surface area contributed by atoms with E-state index in [9.17, 15) is 17.6 Å². The van der Waals surface area contributed by atoms with E-state index in [1.165, 1.54) is 42.0 Å². The summed E-state index contributed by atoms with van der Waals surface area (Å²) in [5.41, 5.74) is 2.78. The molecule has 0 saturated carbocycles. The summed E-state index contributed by atoms with van der Waals surface area (Å²) in [6.07, 6.45) is 0. The Balaban J connectivity index is 1.86. The summed E-state index contributed by atoms with van der Waals surface area (Å²) in [6, 6.07) is 19.3. The van der Waals surface area contributed by atoms with Crippen molar-refractivity contribution in [2.75, 3.05) is 10.8 Å². The molecule has 0 aromatic heterocycles. The van der Waals surface area contributed by atoms with Crippen LogP contribution in [0.15, 0.2) is 77.7 Å². The van der Waals surface area contributed by atoms with Crippen LogP contribution in [0.5, 0.6) is 0 Å². The summed E-state index contributed by atoms with van der Waals surface area (Å²) in [6.45, 7) is 9.48. The molecule has 5 nitrogen and oxygen atoms in total. The topological polar surface area (TPSA) is 66.5 Å². The van der Waals surface area contributed by atoms with Gasteiger partial charge in [0, 0.05) is 0 Å². The van der Waals surface area contributed by atoms with E-state index in [4.69, 9.17) is 0 Å². The molecule has 0 heterocycles. The van der Waals surface area contributed by atoms with E-state index < -0.39 is 28.3 Å². The van der Waals surface area contributed by atoms with Gasteiger partial charge in [-0.05, 0) is 54.7 Å². The predicted octanol–water partition coefficient (Wildman–Crippen LogP) is 5.50. The van der Waals surface area contributed by atoms with Crippen molar-refractivity contribution in [3.63, 3.8) is 0 Å². The molecule has 0 aliphatic rings. The van der Waals surface area contributed by atoms with Gasteiger partial charge in [-0.2, -0.15) is 0 Å². The number of nitrogens with one attached hydrogen (secondary N) is 1. The maximum absolute atomic E-state index is 14.6. The van der Waals surface area contributed by atoms with Gasteiger partial charge in [0.25, 0.3) is 10.0 Å². The number of carbonyl (C=O) groups is 1. The summed E-state index contributed by atoms with van der Waals surface area (Å²) < 4.78 is 42.2. The quantitative estimate of drug-likeness (QED) is 0.483. The molecule has 180 valence electrons. The number of aryl methyl sites for hydroxylation is 1. The second kappa shape index (κ2) is 9.97. The van der Waals surface area contributed by atoms with Crippen molar-refractivity contribution in [2.24, 2.45) is 0 Å². The van der Waals surface area contributed by atoms with Crippen molar-refractivity contribution in [1.29, 1.82) is 0 Å². The Kier molecular flexibility index (Phi) is 7.46. The second-order valence-corrected chi connectivity index (χ2v) is 11.3. The molecule has 0 unspecified atom stereocenters. The van der Waals surface area contributed by atoms with Crippen molar-refractivity contribution in [3.8, 4) is 0 Å². The lowest BCUT2D eigenvalue weighted by Gasteiger charge is -2.25. The molecule has 1 amide bonds. The van der Waals surface area contributed by atoms with Crippen molar-refractivity contribution in [2.45, 2.75) is 51.0 Å². The molecule has 0 aliphatic carbocycles. The Bertz CT molecular complexity index is 1250. The van der Waals surface area contributed by atoms with E-state index in [1.807, 2.05) is 38.1 Å². The normalized spacial score (nSPS) is 12.8. The number of hydrogen-bond donors (Lipinski definition) is 1. The first-order chi connectivity index (χ1) is 15.9. The molecule has 7 heteroatoms. The molecule has 0 spiro atoms. The number of amides is 1. The molecule has 3 aromatic carbocycles. The third kappa shape index (κ3) is 5.83. The molecular weight excluding hydrogens is 451 g/mol. The summed E-state index contributed by atoms with van der Waals surface area (Å²) in [5.74, 6) is -1.26. The summed E-state index contributed by atoms with van der Waals surface area (Å²) in [5, 5.41) is 2.84. The minimum Gasteiger partial charge on any atom is -0.348 e. The fraction of sp³-hybridized carbons (Fsp3) is 0.296. The second-order valence-electron chi connectivity index (χ2n) is 9.44. The number of sulfonamides is 1. The van der Waals surface area contributed by atoms with Crippen molar-refractivity contribution >= 4 is 21.6 Å². The van der Waals surface area contributed by atoms with Crippen molar-refractivity contribution < 1.29 is 17.6 Å². The third-order valence-corrected chi connectivity index (χ3v) is 7.45. The number of hydrogen-bond acceptors (Lipinski definition) is 3. The number of rotatable bonds is 7. The number of carbonyl (C=O) groups excluding carboxylic acids is 1. The number of halogens is 1. The smallest absolute Gasteiger partial charge is 0.264 e. The highest BCUT2D eigenvalue weighted by atomic mass is 32.2. The standard InChI is InChI=1S/C27H31FN2O3S/c1-19-10-16-23(17-11-19)34(32,33)30(25-9-7-6-8-24(25)28)18-26(31)29-20(2)21-12-14-22(15-13-21)27(3,4)5/h6-17,20H,18H2,1-5H3,(H,29,31)/t20-/m1/s1. The van der Waals surface area contributed by atoms with Crippen LogP contribution in [-0.2, 0) is 20.2 Å². The molecule has 1 N–H and O–H groups in total. The summed E-state index contributed by atoms with van der Waals surface area (Å²) in [7, 11) is -4.18. The molecule has 3 aromatic rings. The van der Waals surface area contributed by atoms with Gasteiger partial charge in [-0.3, -0.25) is 9.10 Å². The summed E-state index contributed by atoms with van der Waals surface area (Å²) in [4.78, 5) is 12.9. The zero-order chi connectivity index (χ0) is 25.1. The highest BCUT2D eigenvalue weighted by Crippen LogP contribution is 2.27. The number of benzene rings is 3. The van der Waals surface area contributed by atoms with E-state index in [0.29, 0.717) is 0 Å². The van der Waals surface area contributed by atoms with Crippen LogP contribution in [0.1, 0.15) is 50.4 Å². The lowest BCUT2D eigenvalue weighted by Crippen LogP contribution is -2.42. The summed E-state index contributed by atoms with van der Waals surface area (Å²) >= 11 is 0. The highest BCUT2D eigenvalue weighted by Gasteiger charge is 2.29. The SMILES string of the molecule is Cc1ccc(S(=O)(=O)N(CC(=O)N[C@H](C)c2ccc(C(C)(C)C)cc2)c2ccccc2F)cc1. The molecule has 1 atom stereocenters. The average molecular weight is 483 g/mol. The van der Waals surface area contributed by atoms with E-state index in [-0.39, 0.29) is 22.0 Å². The third-order valence-electron chi connectivity index (χ3n) is 5.67. The number of anilines is 1. The van der Waals surface area contributed by atoms with Crippen molar-refractivity contribution in [1.82, 2.24) is 5.32 Å². The molecule has 3 rings (SSSR count). The van der Waals surface area contributed by atoms with Crippen LogP contribution in [0.2, 0.25) is 0 Å². The molecule has 34 heavy (non-hydrogen) atoms. The van der Waals surface area contributed by atoms with Gasteiger partial charge in [-0.15, -0.1) is 0 Å². The molecule has 0 fully saturated rings. The predicted molar refractivity (Wildman–Crippen MR) is 134 cm³/mol. The van der Waals surface area contributed by atoms with Crippen LogP contribution in [0.3, 0.4) is 0 Å². The van der Waals surface area contributed by atoms with Crippen molar-refractivity contribution in [3.05, 3.63) is 95.3 Å². The number of nitrogens with zero attached hydrogens (tertiary/aromatic N) is 1. The Morgan fingerprint density at radius 2 is 1.56 bits per heavy atom. The molecule has 0 bridgehead atoms. The zero-order valence-electron chi connectivity index (χ0n) is 20.2. The van der Waals surface area contributed by atoms with Gasteiger partial charge in [-0.1, -0.05) is 74.9 Å². The Morgan fingerprint density at radius 3 is 2.12 bits per heavy atom. The van der Waals surface area contributed by atoms with Gasteiger partial charge < -0.3 is 5.32 Å². The van der Waals surface area contributed by atoms with Gasteiger partial charge in [0.15, 0.2) is 0 Å². The average Bonchev–Trinajstić information content (AvgIpc) is 2.78. The highest BCUT2D eigenvalue weighted by molar-refractivity contribution is 7.92. The monoisotopic (exact) mass is 482 g/mol. The maximum atomic E-state index is 14.6. The van der Waals surface area contributed by atoms with Crippen LogP contribution in [0.25, 0.3) is 0 Å². The van der Waals surface area contributed by atoms with Gasteiger partial charge in [0.2, 0.25) is 5.91 Å².